The van der Waals surface area contributed by atoms with Gasteiger partial charge in [-0.05, 0) is 0 Å². The van der Waals surface area contributed by atoms with E-state index in [1.165, 1.54) is 26.9 Å². The summed E-state index contributed by atoms with van der Waals surface area (Å²) in [5, 5.41) is 6.66. The van der Waals surface area contributed by atoms with Gasteiger partial charge >= 0.3 is 6.18 Å². The van der Waals surface area contributed by atoms with Crippen LogP contribution >= 0.6 is 0 Å². The molecule has 0 saturated carbocycles. The van der Waals surface area contributed by atoms with E-state index in [0.717, 1.165) is 6.07 Å². The zero-order valence-electron chi connectivity index (χ0n) is 14.2. The third-order valence-electron chi connectivity index (χ3n) is 3.15. The van der Waals surface area contributed by atoms with Crippen molar-refractivity contribution < 1.29 is 18.0 Å². The van der Waals surface area contributed by atoms with Crippen molar-refractivity contribution in [2.75, 3.05) is 38.4 Å². The first kappa shape index (κ1) is 18.5. The molecule has 8 nitrogen and oxygen atoms in total. The molecule has 0 spiro atoms. The number of anilines is 3. The number of likely N-dealkylation sites (N-methyl/N-ethyl adjacent to an activating group) is 1. The Morgan fingerprint density at radius 3 is 2.48 bits per heavy atom. The van der Waals surface area contributed by atoms with Crippen molar-refractivity contribution in [3.05, 3.63) is 24.2 Å². The van der Waals surface area contributed by atoms with Gasteiger partial charge in [-0.25, -0.2) is 4.98 Å². The quantitative estimate of drug-likeness (QED) is 0.876. The SMILES string of the molecule is CN(C)C(=O)Cn1cc(Nc2nc(N(C)C)cc(C(F)(F)F)n2)cn1. The lowest BCUT2D eigenvalue weighted by atomic mass is 10.3. The summed E-state index contributed by atoms with van der Waals surface area (Å²) in [6.07, 6.45) is -1.73. The lowest BCUT2D eigenvalue weighted by molar-refractivity contribution is -0.141. The van der Waals surface area contributed by atoms with Gasteiger partial charge in [-0.1, -0.05) is 0 Å². The Morgan fingerprint density at radius 1 is 1.24 bits per heavy atom. The number of nitrogens with one attached hydrogen (secondary N) is 1. The van der Waals surface area contributed by atoms with Gasteiger partial charge in [0.1, 0.15) is 12.4 Å². The Morgan fingerprint density at radius 2 is 1.92 bits per heavy atom. The zero-order chi connectivity index (χ0) is 18.8. The lowest BCUT2D eigenvalue weighted by Crippen LogP contribution is -2.26. The number of carbonyl (C=O) groups excluding carboxylic acids is 1. The predicted octanol–water partition coefficient (Wildman–Crippen LogP) is 1.59. The zero-order valence-corrected chi connectivity index (χ0v) is 14.2. The molecule has 25 heavy (non-hydrogen) atoms. The Bertz CT molecular complexity index is 755. The standard InChI is InChI=1S/C14H18F3N7O/c1-22(2)11-5-10(14(15,16)17)20-13(21-11)19-9-6-18-24(7-9)8-12(25)23(3)4/h5-7H,8H2,1-4H3,(H,19,20,21). The third kappa shape index (κ3) is 4.81. The van der Waals surface area contributed by atoms with Crippen LogP contribution in [0.3, 0.4) is 0 Å². The molecule has 0 aliphatic carbocycles. The Labute approximate surface area is 142 Å². The number of rotatable bonds is 5. The first-order chi connectivity index (χ1) is 11.6. The number of nitrogens with zero attached hydrogens (tertiary/aromatic N) is 6. The summed E-state index contributed by atoms with van der Waals surface area (Å²) in [5.74, 6) is -0.267. The highest BCUT2D eigenvalue weighted by Gasteiger charge is 2.34. The molecule has 0 atom stereocenters. The van der Waals surface area contributed by atoms with Crippen molar-refractivity contribution in [2.24, 2.45) is 0 Å². The number of amides is 1. The van der Waals surface area contributed by atoms with E-state index in [9.17, 15) is 18.0 Å². The van der Waals surface area contributed by atoms with E-state index in [0.29, 0.717) is 5.69 Å². The molecule has 0 unspecified atom stereocenters. The van der Waals surface area contributed by atoms with Gasteiger partial charge in [-0.2, -0.15) is 23.3 Å². The van der Waals surface area contributed by atoms with Crippen LogP contribution in [0.15, 0.2) is 18.5 Å². The molecule has 0 aromatic carbocycles. The van der Waals surface area contributed by atoms with Gasteiger partial charge in [-0.15, -0.1) is 0 Å². The van der Waals surface area contributed by atoms with E-state index < -0.39 is 11.9 Å². The largest absolute Gasteiger partial charge is 0.433 e. The average molecular weight is 357 g/mol. The minimum atomic E-state index is -4.59. The highest BCUT2D eigenvalue weighted by Crippen LogP contribution is 2.30. The summed E-state index contributed by atoms with van der Waals surface area (Å²) in [5.41, 5.74) is -0.681. The second kappa shape index (κ2) is 6.95. The molecule has 0 radical (unpaired) electrons. The molecule has 2 aromatic rings. The number of carbonyl (C=O) groups is 1. The van der Waals surface area contributed by atoms with Crippen molar-refractivity contribution in [3.8, 4) is 0 Å². The van der Waals surface area contributed by atoms with Crippen LogP contribution in [0, 0.1) is 0 Å². The number of aromatic nitrogens is 4. The van der Waals surface area contributed by atoms with Crippen molar-refractivity contribution in [1.29, 1.82) is 0 Å². The normalized spacial score (nSPS) is 11.3. The summed E-state index contributed by atoms with van der Waals surface area (Å²) in [7, 11) is 6.39. The van der Waals surface area contributed by atoms with Gasteiger partial charge in [0.15, 0.2) is 5.69 Å². The molecule has 2 rings (SSSR count). The van der Waals surface area contributed by atoms with Gasteiger partial charge in [0.05, 0.1) is 11.9 Å². The van der Waals surface area contributed by atoms with Crippen LogP contribution in [0.5, 0.6) is 0 Å². The second-order valence-electron chi connectivity index (χ2n) is 5.67. The van der Waals surface area contributed by atoms with E-state index >= 15 is 0 Å². The number of alkyl halides is 3. The van der Waals surface area contributed by atoms with E-state index in [-0.39, 0.29) is 24.2 Å². The molecule has 1 N–H and O–H groups in total. The summed E-state index contributed by atoms with van der Waals surface area (Å²) >= 11 is 0. The van der Waals surface area contributed by atoms with Crippen molar-refractivity contribution in [1.82, 2.24) is 24.6 Å². The molecule has 0 aliphatic rings. The van der Waals surface area contributed by atoms with Gasteiger partial charge < -0.3 is 15.1 Å². The highest BCUT2D eigenvalue weighted by atomic mass is 19.4. The fourth-order valence-electron chi connectivity index (χ4n) is 1.79. The monoisotopic (exact) mass is 357 g/mol. The molecule has 2 aromatic heterocycles. The van der Waals surface area contributed by atoms with Gasteiger partial charge in [0.2, 0.25) is 11.9 Å². The first-order valence-corrected chi connectivity index (χ1v) is 7.19. The molecule has 0 aliphatic heterocycles. The van der Waals surface area contributed by atoms with Crippen molar-refractivity contribution in [3.63, 3.8) is 0 Å². The van der Waals surface area contributed by atoms with Crippen molar-refractivity contribution in [2.45, 2.75) is 12.7 Å². The summed E-state index contributed by atoms with van der Waals surface area (Å²) < 4.78 is 40.3. The van der Waals surface area contributed by atoms with Gasteiger partial charge in [0.25, 0.3) is 0 Å². The molecule has 136 valence electrons. The Hall–Kier alpha value is -2.85. The maximum atomic E-state index is 13.0. The Balaban J connectivity index is 2.24. The maximum Gasteiger partial charge on any atom is 0.433 e. The van der Waals surface area contributed by atoms with Crippen LogP contribution in [0.25, 0.3) is 0 Å². The van der Waals surface area contributed by atoms with E-state index in [1.54, 1.807) is 28.2 Å². The third-order valence-corrected chi connectivity index (χ3v) is 3.15. The van der Waals surface area contributed by atoms with Crippen molar-refractivity contribution >= 4 is 23.4 Å². The second-order valence-corrected chi connectivity index (χ2v) is 5.67. The number of hydrogen-bond donors (Lipinski definition) is 1. The fraction of sp³-hybridized carbons (Fsp3) is 0.429. The highest BCUT2D eigenvalue weighted by molar-refractivity contribution is 5.75. The van der Waals surface area contributed by atoms with Crippen LogP contribution in [-0.4, -0.2) is 58.7 Å². The van der Waals surface area contributed by atoms with Crippen LogP contribution in [-0.2, 0) is 17.5 Å². The topological polar surface area (TPSA) is 79.2 Å². The molecule has 1 amide bonds. The van der Waals surface area contributed by atoms with E-state index in [1.807, 2.05) is 0 Å². The average Bonchev–Trinajstić information content (AvgIpc) is 2.92. The summed E-state index contributed by atoms with van der Waals surface area (Å²) in [6.45, 7) is 0.0150. The smallest absolute Gasteiger partial charge is 0.363 e. The number of halogens is 3. The fourth-order valence-corrected chi connectivity index (χ4v) is 1.79. The van der Waals surface area contributed by atoms with E-state index in [2.05, 4.69) is 20.4 Å². The molecule has 11 heteroatoms. The summed E-state index contributed by atoms with van der Waals surface area (Å²) in [4.78, 5) is 22.0. The minimum Gasteiger partial charge on any atom is -0.363 e. The molecular weight excluding hydrogens is 339 g/mol. The summed E-state index contributed by atoms with van der Waals surface area (Å²) in [6, 6.07) is 0.865. The molecule has 2 heterocycles. The number of hydrogen-bond acceptors (Lipinski definition) is 6. The minimum absolute atomic E-state index is 0.0150. The van der Waals surface area contributed by atoms with Crippen LogP contribution in [0.4, 0.5) is 30.6 Å². The molecule has 0 bridgehead atoms. The molecule has 0 fully saturated rings. The first-order valence-electron chi connectivity index (χ1n) is 7.19. The predicted molar refractivity (Wildman–Crippen MR) is 85.6 cm³/mol. The van der Waals surface area contributed by atoms with Gasteiger partial charge in [0, 0.05) is 40.5 Å². The van der Waals surface area contributed by atoms with Gasteiger partial charge in [-0.3, -0.25) is 9.48 Å². The Kier molecular flexibility index (Phi) is 5.14. The van der Waals surface area contributed by atoms with Crippen LogP contribution in [0.2, 0.25) is 0 Å². The van der Waals surface area contributed by atoms with E-state index in [4.69, 9.17) is 0 Å². The molecular formula is C14H18F3N7O. The van der Waals surface area contributed by atoms with Crippen LogP contribution in [0.1, 0.15) is 5.69 Å². The van der Waals surface area contributed by atoms with Crippen LogP contribution < -0.4 is 10.2 Å². The molecule has 0 saturated heterocycles. The maximum absolute atomic E-state index is 13.0. The lowest BCUT2D eigenvalue weighted by Gasteiger charge is -2.15.